The van der Waals surface area contributed by atoms with E-state index < -0.39 is 0 Å². The fourth-order valence-electron chi connectivity index (χ4n) is 3.56. The second-order valence-electron chi connectivity index (χ2n) is 7.34. The van der Waals surface area contributed by atoms with E-state index in [4.69, 9.17) is 37.7 Å². The van der Waals surface area contributed by atoms with Crippen LogP contribution in [0.15, 0.2) is 72.1 Å². The van der Waals surface area contributed by atoms with Crippen molar-refractivity contribution in [3.05, 3.63) is 82.2 Å². The first-order valence-electron chi connectivity index (χ1n) is 10.2. The summed E-state index contributed by atoms with van der Waals surface area (Å²) in [5.41, 5.74) is 3.31. The Balaban J connectivity index is 1.37. The number of hydrogen-bond donors (Lipinski definition) is 0. The molecule has 33 heavy (non-hydrogen) atoms. The smallest absolute Gasteiger partial charge is 0.265 e. The zero-order chi connectivity index (χ0) is 22.8. The lowest BCUT2D eigenvalue weighted by Gasteiger charge is -2.29. The van der Waals surface area contributed by atoms with Gasteiger partial charge < -0.3 is 14.4 Å². The van der Waals surface area contributed by atoms with E-state index in [0.29, 0.717) is 40.4 Å². The molecule has 1 aliphatic heterocycles. The molecule has 0 fully saturated rings. The Morgan fingerprint density at radius 3 is 2.70 bits per heavy atom. The normalized spacial score (nSPS) is 12.9. The summed E-state index contributed by atoms with van der Waals surface area (Å²) in [6, 6.07) is 20.5. The molecular formula is C25H18Cl2N2O3S. The third-order valence-electron chi connectivity index (χ3n) is 5.20. The number of carbonyl (C=O) groups excluding carboxylic acids is 1. The summed E-state index contributed by atoms with van der Waals surface area (Å²) in [4.78, 5) is 19.1. The van der Waals surface area contributed by atoms with Gasteiger partial charge in [-0.15, -0.1) is 11.3 Å². The van der Waals surface area contributed by atoms with E-state index in [0.717, 1.165) is 21.8 Å². The van der Waals surface area contributed by atoms with E-state index in [1.807, 2.05) is 47.8 Å². The zero-order valence-corrected chi connectivity index (χ0v) is 19.7. The predicted molar refractivity (Wildman–Crippen MR) is 133 cm³/mol. The molecule has 2 heterocycles. The van der Waals surface area contributed by atoms with Crippen molar-refractivity contribution in [1.82, 2.24) is 4.98 Å². The largest absolute Gasteiger partial charge is 0.492 e. The number of halogens is 2. The van der Waals surface area contributed by atoms with Gasteiger partial charge in [0.05, 0.1) is 22.9 Å². The van der Waals surface area contributed by atoms with Crippen LogP contribution in [-0.2, 0) is 4.79 Å². The van der Waals surface area contributed by atoms with Gasteiger partial charge in [-0.3, -0.25) is 4.79 Å². The van der Waals surface area contributed by atoms with Crippen molar-refractivity contribution >= 4 is 46.1 Å². The molecule has 166 valence electrons. The first kappa shape index (κ1) is 21.8. The number of thiazole rings is 1. The number of carbonyl (C=O) groups is 1. The van der Waals surface area contributed by atoms with Crippen LogP contribution in [0.2, 0.25) is 10.0 Å². The summed E-state index contributed by atoms with van der Waals surface area (Å²) >= 11 is 13.8. The maximum absolute atomic E-state index is 12.6. The van der Waals surface area contributed by atoms with Crippen molar-refractivity contribution < 1.29 is 14.3 Å². The monoisotopic (exact) mass is 496 g/mol. The van der Waals surface area contributed by atoms with Crippen molar-refractivity contribution in [1.29, 1.82) is 0 Å². The van der Waals surface area contributed by atoms with Crippen LogP contribution in [0.25, 0.3) is 21.8 Å². The van der Waals surface area contributed by atoms with Crippen molar-refractivity contribution in [2.24, 2.45) is 0 Å². The zero-order valence-electron chi connectivity index (χ0n) is 17.3. The average molecular weight is 497 g/mol. The molecule has 4 aromatic rings. The number of fused-ring (bicyclic) bond motifs is 1. The number of benzene rings is 3. The third-order valence-corrected chi connectivity index (χ3v) is 6.66. The highest BCUT2D eigenvalue weighted by Gasteiger charge is 2.26. The number of amides is 1. The Labute approximate surface area is 205 Å². The van der Waals surface area contributed by atoms with Gasteiger partial charge in [0.25, 0.3) is 5.91 Å². The van der Waals surface area contributed by atoms with Gasteiger partial charge in [-0.05, 0) is 48.5 Å². The first-order valence-corrected chi connectivity index (χ1v) is 11.9. The van der Waals surface area contributed by atoms with Crippen LogP contribution in [-0.4, -0.2) is 30.6 Å². The maximum atomic E-state index is 12.6. The molecule has 3 aromatic carbocycles. The van der Waals surface area contributed by atoms with Gasteiger partial charge in [-0.2, -0.15) is 0 Å². The molecule has 0 saturated carbocycles. The molecule has 0 atom stereocenters. The Bertz CT molecular complexity index is 1310. The second kappa shape index (κ2) is 9.43. The number of ether oxygens (including phenoxy) is 2. The summed E-state index contributed by atoms with van der Waals surface area (Å²) < 4.78 is 11.4. The van der Waals surface area contributed by atoms with Gasteiger partial charge in [0.1, 0.15) is 23.1 Å². The molecule has 5 nitrogen and oxygen atoms in total. The van der Waals surface area contributed by atoms with E-state index in [2.05, 4.69) is 0 Å². The van der Waals surface area contributed by atoms with Crippen molar-refractivity contribution in [2.75, 3.05) is 24.7 Å². The average Bonchev–Trinajstić information content (AvgIpc) is 3.32. The molecule has 1 aromatic heterocycles. The van der Waals surface area contributed by atoms with Crippen LogP contribution in [0.4, 0.5) is 5.69 Å². The molecule has 0 unspecified atom stereocenters. The standard InChI is InChI=1S/C25H18Cl2N2O3S/c26-17-6-8-18(9-7-17)31-12-11-29-22-13-16(5-10-23(22)32-14-24(29)30)21-15-33-25(28-21)19-3-1-2-4-20(19)27/h1-10,13,15H,11-12,14H2. The van der Waals surface area contributed by atoms with E-state index in [-0.39, 0.29) is 12.5 Å². The van der Waals surface area contributed by atoms with Crippen LogP contribution < -0.4 is 14.4 Å². The SMILES string of the molecule is O=C1COc2ccc(-c3csc(-c4ccccc4Cl)n3)cc2N1CCOc1ccc(Cl)cc1. The van der Waals surface area contributed by atoms with Crippen molar-refractivity contribution in [3.63, 3.8) is 0 Å². The molecule has 0 saturated heterocycles. The Morgan fingerprint density at radius 2 is 1.88 bits per heavy atom. The highest BCUT2D eigenvalue weighted by molar-refractivity contribution is 7.13. The summed E-state index contributed by atoms with van der Waals surface area (Å²) in [6.07, 6.45) is 0. The van der Waals surface area contributed by atoms with Crippen LogP contribution in [0, 0.1) is 0 Å². The molecule has 1 aliphatic rings. The first-order chi connectivity index (χ1) is 16.1. The van der Waals surface area contributed by atoms with Crippen molar-refractivity contribution in [2.45, 2.75) is 0 Å². The maximum Gasteiger partial charge on any atom is 0.265 e. The number of aromatic nitrogens is 1. The van der Waals surface area contributed by atoms with Gasteiger partial charge in [0.15, 0.2) is 6.61 Å². The molecule has 0 radical (unpaired) electrons. The predicted octanol–water partition coefficient (Wildman–Crippen LogP) is 6.59. The van der Waals surface area contributed by atoms with E-state index in [1.54, 1.807) is 29.2 Å². The number of rotatable bonds is 6. The summed E-state index contributed by atoms with van der Waals surface area (Å²) in [7, 11) is 0. The number of anilines is 1. The molecule has 0 bridgehead atoms. The number of nitrogens with zero attached hydrogens (tertiary/aromatic N) is 2. The second-order valence-corrected chi connectivity index (χ2v) is 9.04. The lowest BCUT2D eigenvalue weighted by Crippen LogP contribution is -2.41. The molecule has 0 aliphatic carbocycles. The van der Waals surface area contributed by atoms with Gasteiger partial charge in [-0.25, -0.2) is 4.98 Å². The van der Waals surface area contributed by atoms with E-state index >= 15 is 0 Å². The quantitative estimate of drug-likeness (QED) is 0.302. The molecule has 1 amide bonds. The Kier molecular flexibility index (Phi) is 6.22. The van der Waals surface area contributed by atoms with Crippen LogP contribution in [0.5, 0.6) is 11.5 Å². The topological polar surface area (TPSA) is 51.7 Å². The van der Waals surface area contributed by atoms with Crippen molar-refractivity contribution in [3.8, 4) is 33.3 Å². The Hall–Kier alpha value is -3.06. The minimum atomic E-state index is -0.116. The molecule has 5 rings (SSSR count). The van der Waals surface area contributed by atoms with Gasteiger partial charge >= 0.3 is 0 Å². The highest BCUT2D eigenvalue weighted by atomic mass is 35.5. The summed E-state index contributed by atoms with van der Waals surface area (Å²) in [5.74, 6) is 1.24. The number of hydrogen-bond acceptors (Lipinski definition) is 5. The minimum absolute atomic E-state index is 0.000642. The minimum Gasteiger partial charge on any atom is -0.492 e. The van der Waals surface area contributed by atoms with E-state index in [1.165, 1.54) is 11.3 Å². The lowest BCUT2D eigenvalue weighted by atomic mass is 10.1. The van der Waals surface area contributed by atoms with Crippen LogP contribution in [0.1, 0.15) is 0 Å². The third kappa shape index (κ3) is 4.69. The van der Waals surface area contributed by atoms with Gasteiger partial charge in [0, 0.05) is 21.5 Å². The fourth-order valence-corrected chi connectivity index (χ4v) is 4.83. The molecule has 0 N–H and O–H groups in total. The van der Waals surface area contributed by atoms with Crippen LogP contribution in [0.3, 0.4) is 0 Å². The van der Waals surface area contributed by atoms with Gasteiger partial charge in [-0.1, -0.05) is 41.4 Å². The highest BCUT2D eigenvalue weighted by Crippen LogP contribution is 2.38. The molecule has 0 spiro atoms. The fraction of sp³-hybridized carbons (Fsp3) is 0.120. The summed E-state index contributed by atoms with van der Waals surface area (Å²) in [6.45, 7) is 0.730. The summed E-state index contributed by atoms with van der Waals surface area (Å²) in [5, 5.41) is 4.13. The lowest BCUT2D eigenvalue weighted by molar-refractivity contribution is -0.121. The van der Waals surface area contributed by atoms with Gasteiger partial charge in [0.2, 0.25) is 0 Å². The molecular weight excluding hydrogens is 479 g/mol. The Morgan fingerprint density at radius 1 is 1.06 bits per heavy atom. The van der Waals surface area contributed by atoms with Crippen LogP contribution >= 0.6 is 34.5 Å². The molecule has 8 heteroatoms. The van der Waals surface area contributed by atoms with E-state index in [9.17, 15) is 4.79 Å².